The normalized spacial score (nSPS) is 17.9. The number of hydrogen-bond donors (Lipinski definition) is 2. The van der Waals surface area contributed by atoms with Gasteiger partial charge in [-0.15, -0.1) is 0 Å². The molecule has 9 nitrogen and oxygen atoms in total. The Morgan fingerprint density at radius 3 is 2.84 bits per heavy atom. The van der Waals surface area contributed by atoms with Gasteiger partial charge < -0.3 is 24.5 Å². The minimum atomic E-state index is -0.471. The second-order valence-electron chi connectivity index (χ2n) is 7.24. The molecular formula is C22H22N4O5S. The Morgan fingerprint density at radius 1 is 1.31 bits per heavy atom. The molecule has 0 amide bonds. The molecule has 1 aliphatic rings. The molecule has 166 valence electrons. The number of nitro groups is 1. The summed E-state index contributed by atoms with van der Waals surface area (Å²) in [5.74, 6) is 1.52. The number of furan rings is 1. The molecule has 2 atom stereocenters. The van der Waals surface area contributed by atoms with Gasteiger partial charge >= 0.3 is 0 Å². The minimum Gasteiger partial charge on any atom is -0.496 e. The van der Waals surface area contributed by atoms with Crippen LogP contribution in [0.15, 0.2) is 59.1 Å². The van der Waals surface area contributed by atoms with Gasteiger partial charge in [-0.25, -0.2) is 0 Å². The number of nitrogens with zero attached hydrogens (tertiary/aromatic N) is 3. The number of hydrogen-bond acceptors (Lipinski definition) is 7. The van der Waals surface area contributed by atoms with E-state index in [1.165, 1.54) is 19.2 Å². The number of aliphatic hydroxyl groups is 1. The molecule has 3 aromatic rings. The van der Waals surface area contributed by atoms with Crippen LogP contribution >= 0.6 is 12.2 Å². The van der Waals surface area contributed by atoms with Gasteiger partial charge in [0.1, 0.15) is 23.3 Å². The predicted molar refractivity (Wildman–Crippen MR) is 121 cm³/mol. The number of nitro benzene ring substituents is 1. The highest BCUT2D eigenvalue weighted by atomic mass is 32.1. The van der Waals surface area contributed by atoms with Gasteiger partial charge in [0.15, 0.2) is 5.11 Å². The zero-order valence-electron chi connectivity index (χ0n) is 17.3. The van der Waals surface area contributed by atoms with E-state index in [4.69, 9.17) is 21.4 Å². The van der Waals surface area contributed by atoms with Crippen molar-refractivity contribution in [2.45, 2.75) is 18.5 Å². The van der Waals surface area contributed by atoms with E-state index in [0.717, 1.165) is 5.69 Å². The summed E-state index contributed by atoms with van der Waals surface area (Å²) in [5.41, 5.74) is 1.36. The molecule has 0 bridgehead atoms. The number of thiocarbonyl (C=S) groups is 1. The van der Waals surface area contributed by atoms with Gasteiger partial charge in [0.2, 0.25) is 0 Å². The number of ether oxygens (including phenoxy) is 1. The van der Waals surface area contributed by atoms with Crippen LogP contribution in [0.1, 0.15) is 30.0 Å². The lowest BCUT2D eigenvalue weighted by atomic mass is 10.0. The molecule has 1 saturated heterocycles. The number of pyridine rings is 1. The minimum absolute atomic E-state index is 0.0451. The highest BCUT2D eigenvalue weighted by Crippen LogP contribution is 2.42. The number of methoxy groups -OCH3 is 1. The first-order chi connectivity index (χ1) is 15.5. The van der Waals surface area contributed by atoms with Gasteiger partial charge in [-0.05, 0) is 49.0 Å². The Hall–Kier alpha value is -3.50. The monoisotopic (exact) mass is 454 g/mol. The Balaban J connectivity index is 1.72. The van der Waals surface area contributed by atoms with Crippen molar-refractivity contribution in [2.75, 3.05) is 20.3 Å². The zero-order valence-corrected chi connectivity index (χ0v) is 18.1. The van der Waals surface area contributed by atoms with Gasteiger partial charge in [-0.1, -0.05) is 6.07 Å². The summed E-state index contributed by atoms with van der Waals surface area (Å²) in [5, 5.41) is 24.3. The fraction of sp³-hybridized carbons (Fsp3) is 0.273. The van der Waals surface area contributed by atoms with Crippen molar-refractivity contribution >= 4 is 23.0 Å². The Morgan fingerprint density at radius 2 is 2.16 bits per heavy atom. The molecule has 0 spiro atoms. The summed E-state index contributed by atoms with van der Waals surface area (Å²) in [4.78, 5) is 17.1. The van der Waals surface area contributed by atoms with Gasteiger partial charge in [0.25, 0.3) is 5.69 Å². The Bertz CT molecular complexity index is 1120. The van der Waals surface area contributed by atoms with Crippen LogP contribution in [-0.4, -0.2) is 45.3 Å². The van der Waals surface area contributed by atoms with Crippen LogP contribution in [0.4, 0.5) is 5.69 Å². The van der Waals surface area contributed by atoms with Crippen molar-refractivity contribution in [1.29, 1.82) is 0 Å². The van der Waals surface area contributed by atoms with Gasteiger partial charge in [-0.2, -0.15) is 0 Å². The smallest absolute Gasteiger partial charge is 0.273 e. The molecule has 2 unspecified atom stereocenters. The third-order valence-corrected chi connectivity index (χ3v) is 5.69. The molecule has 0 aliphatic carbocycles. The van der Waals surface area contributed by atoms with E-state index in [-0.39, 0.29) is 24.4 Å². The second kappa shape index (κ2) is 9.33. The summed E-state index contributed by atoms with van der Waals surface area (Å²) < 4.78 is 11.6. The summed E-state index contributed by atoms with van der Waals surface area (Å²) in [6.07, 6.45) is 2.28. The van der Waals surface area contributed by atoms with Crippen LogP contribution < -0.4 is 10.1 Å². The summed E-state index contributed by atoms with van der Waals surface area (Å²) in [6.45, 7) is 0.594. The van der Waals surface area contributed by atoms with Crippen LogP contribution in [0, 0.1) is 10.1 Å². The molecule has 1 aliphatic heterocycles. The average molecular weight is 455 g/mol. The van der Waals surface area contributed by atoms with Crippen LogP contribution in [0.3, 0.4) is 0 Å². The zero-order chi connectivity index (χ0) is 22.7. The van der Waals surface area contributed by atoms with Crippen molar-refractivity contribution in [3.8, 4) is 17.1 Å². The summed E-state index contributed by atoms with van der Waals surface area (Å²) in [7, 11) is 1.46. The molecule has 0 saturated carbocycles. The number of benzene rings is 1. The first-order valence-corrected chi connectivity index (χ1v) is 10.5. The molecule has 2 N–H and O–H groups in total. The highest BCUT2D eigenvalue weighted by Gasteiger charge is 2.41. The molecule has 3 heterocycles. The van der Waals surface area contributed by atoms with Crippen molar-refractivity contribution in [1.82, 2.24) is 15.2 Å². The highest BCUT2D eigenvalue weighted by molar-refractivity contribution is 7.80. The van der Waals surface area contributed by atoms with E-state index >= 15 is 0 Å². The first-order valence-electron chi connectivity index (χ1n) is 10.0. The third-order valence-electron chi connectivity index (χ3n) is 5.33. The maximum Gasteiger partial charge on any atom is 0.273 e. The van der Waals surface area contributed by atoms with Crippen molar-refractivity contribution in [3.63, 3.8) is 0 Å². The fourth-order valence-electron chi connectivity index (χ4n) is 3.85. The van der Waals surface area contributed by atoms with E-state index in [0.29, 0.717) is 40.9 Å². The number of nitrogens with one attached hydrogen (secondary N) is 1. The maximum absolute atomic E-state index is 11.1. The number of rotatable bonds is 8. The topological polar surface area (TPSA) is 114 Å². The third kappa shape index (κ3) is 4.14. The quantitative estimate of drug-likeness (QED) is 0.299. The van der Waals surface area contributed by atoms with Gasteiger partial charge in [-0.3, -0.25) is 15.1 Å². The lowest BCUT2D eigenvalue weighted by molar-refractivity contribution is -0.384. The van der Waals surface area contributed by atoms with Gasteiger partial charge in [0, 0.05) is 25.4 Å². The molecule has 10 heteroatoms. The van der Waals surface area contributed by atoms with E-state index in [1.807, 2.05) is 29.2 Å². The van der Waals surface area contributed by atoms with Crippen LogP contribution in [0.25, 0.3) is 11.3 Å². The standard InChI is InChI=1S/C22H22N4O5S/c1-30-19-13-14(26(28)29)6-7-15(19)17-8-9-18(31-17)21-20(16-5-2-3-10-23-16)24-22(32)25(21)11-4-12-27/h2-3,5-10,13,20-21,27H,4,11-12H2,1H3,(H,24,32). The van der Waals surface area contributed by atoms with Crippen LogP contribution in [-0.2, 0) is 0 Å². The Kier molecular flexibility index (Phi) is 6.33. The summed E-state index contributed by atoms with van der Waals surface area (Å²) >= 11 is 5.57. The van der Waals surface area contributed by atoms with Crippen molar-refractivity contribution in [3.05, 3.63) is 76.3 Å². The molecule has 4 rings (SSSR count). The largest absolute Gasteiger partial charge is 0.496 e. The number of aromatic nitrogens is 1. The van der Waals surface area contributed by atoms with Crippen molar-refractivity contribution < 1.29 is 19.2 Å². The second-order valence-corrected chi connectivity index (χ2v) is 7.63. The van der Waals surface area contributed by atoms with E-state index in [9.17, 15) is 15.2 Å². The lowest BCUT2D eigenvalue weighted by Gasteiger charge is -2.25. The molecule has 2 aromatic heterocycles. The number of non-ortho nitro benzene ring substituents is 1. The fourth-order valence-corrected chi connectivity index (χ4v) is 4.18. The van der Waals surface area contributed by atoms with E-state index in [2.05, 4.69) is 10.3 Å². The molecule has 1 fully saturated rings. The summed E-state index contributed by atoms with van der Waals surface area (Å²) in [6, 6.07) is 13.2. The number of aliphatic hydroxyl groups excluding tert-OH is 1. The first kappa shape index (κ1) is 21.7. The molecule has 1 aromatic carbocycles. The van der Waals surface area contributed by atoms with Crippen LogP contribution in [0.2, 0.25) is 0 Å². The maximum atomic E-state index is 11.1. The molecule has 32 heavy (non-hydrogen) atoms. The Labute approximate surface area is 189 Å². The molecule has 0 radical (unpaired) electrons. The SMILES string of the molecule is COc1cc([N+](=O)[O-])ccc1-c1ccc(C2C(c3ccccn3)NC(=S)N2CCCO)o1. The predicted octanol–water partition coefficient (Wildman–Crippen LogP) is 3.61. The van der Waals surface area contributed by atoms with Gasteiger partial charge in [0.05, 0.1) is 35.4 Å². The van der Waals surface area contributed by atoms with E-state index in [1.54, 1.807) is 18.3 Å². The molecular weight excluding hydrogens is 432 g/mol. The van der Waals surface area contributed by atoms with E-state index < -0.39 is 4.92 Å². The average Bonchev–Trinajstić information content (AvgIpc) is 3.42. The lowest BCUT2D eigenvalue weighted by Crippen LogP contribution is -2.30. The van der Waals surface area contributed by atoms with Crippen molar-refractivity contribution in [2.24, 2.45) is 0 Å². The van der Waals surface area contributed by atoms with Crippen LogP contribution in [0.5, 0.6) is 5.75 Å².